The highest BCUT2D eigenvalue weighted by Gasteiger charge is 2.28. The van der Waals surface area contributed by atoms with Crippen molar-refractivity contribution in [3.05, 3.63) is 23.3 Å². The second-order valence-electron chi connectivity index (χ2n) is 6.35. The number of carbonyl (C=O) groups is 1. The van der Waals surface area contributed by atoms with Crippen LogP contribution >= 0.6 is 0 Å². The van der Waals surface area contributed by atoms with Crippen LogP contribution in [0.25, 0.3) is 0 Å². The normalized spacial score (nSPS) is 19.5. The summed E-state index contributed by atoms with van der Waals surface area (Å²) in [5.74, 6) is 0.247. The van der Waals surface area contributed by atoms with Crippen LogP contribution in [0.5, 0.6) is 0 Å². The Hall–Kier alpha value is -0.890. The second kappa shape index (κ2) is 7.64. The topological polar surface area (TPSA) is 37.3 Å². The maximum atomic E-state index is 11.8. The monoisotopic (exact) mass is 264 g/mol. The van der Waals surface area contributed by atoms with Crippen LogP contribution in [0.1, 0.15) is 65.7 Å². The molecule has 108 valence electrons. The Labute approximate surface area is 117 Å². The molecule has 0 bridgehead atoms. The molecule has 1 aliphatic rings. The van der Waals surface area contributed by atoms with Gasteiger partial charge in [0.15, 0.2) is 5.78 Å². The van der Waals surface area contributed by atoms with E-state index in [1.165, 1.54) is 24.0 Å². The molecule has 0 spiro atoms. The molecule has 0 aromatic heterocycles. The van der Waals surface area contributed by atoms with Crippen molar-refractivity contribution >= 4 is 5.78 Å². The van der Waals surface area contributed by atoms with Crippen LogP contribution in [-0.4, -0.2) is 17.5 Å². The lowest BCUT2D eigenvalue weighted by atomic mass is 9.74. The van der Waals surface area contributed by atoms with Gasteiger partial charge in [-0.3, -0.25) is 4.79 Å². The zero-order valence-corrected chi connectivity index (χ0v) is 12.7. The predicted molar refractivity (Wildman–Crippen MR) is 80.0 cm³/mol. The van der Waals surface area contributed by atoms with Gasteiger partial charge in [0.25, 0.3) is 0 Å². The minimum Gasteiger partial charge on any atom is -0.396 e. The first-order valence-corrected chi connectivity index (χ1v) is 7.52. The fourth-order valence-electron chi connectivity index (χ4n) is 2.70. The molecule has 0 saturated heterocycles. The Kier molecular flexibility index (Phi) is 6.50. The molecule has 0 radical (unpaired) electrons. The van der Waals surface area contributed by atoms with Crippen molar-refractivity contribution in [2.75, 3.05) is 6.61 Å². The summed E-state index contributed by atoms with van der Waals surface area (Å²) >= 11 is 0. The number of allylic oxidation sites excluding steroid dienone is 4. The molecule has 19 heavy (non-hydrogen) atoms. The molecule has 1 aliphatic carbocycles. The smallest absolute Gasteiger partial charge is 0.156 e. The molecular weight excluding hydrogens is 236 g/mol. The molecular formula is C17H28O2. The van der Waals surface area contributed by atoms with E-state index in [1.807, 2.05) is 6.08 Å². The SMILES string of the molecule is CCCC/C=C(/CCCO)C1=CC(=O)CC(C)(C)C1. The highest BCUT2D eigenvalue weighted by Crippen LogP contribution is 2.37. The molecule has 0 aliphatic heterocycles. The Bertz CT molecular complexity index is 361. The molecule has 0 fully saturated rings. The number of aliphatic hydroxyl groups is 1. The van der Waals surface area contributed by atoms with Crippen LogP contribution in [0.15, 0.2) is 23.3 Å². The van der Waals surface area contributed by atoms with Gasteiger partial charge in [-0.2, -0.15) is 0 Å². The van der Waals surface area contributed by atoms with Crippen LogP contribution in [0, 0.1) is 5.41 Å². The molecule has 2 heteroatoms. The lowest BCUT2D eigenvalue weighted by Crippen LogP contribution is -2.22. The second-order valence-corrected chi connectivity index (χ2v) is 6.35. The summed E-state index contributed by atoms with van der Waals surface area (Å²) in [6, 6.07) is 0. The number of rotatable bonds is 7. The molecule has 0 amide bonds. The van der Waals surface area contributed by atoms with E-state index in [0.29, 0.717) is 6.42 Å². The van der Waals surface area contributed by atoms with E-state index in [-0.39, 0.29) is 17.8 Å². The van der Waals surface area contributed by atoms with Crippen LogP contribution in [-0.2, 0) is 4.79 Å². The zero-order valence-electron chi connectivity index (χ0n) is 12.7. The van der Waals surface area contributed by atoms with Crippen LogP contribution in [0.3, 0.4) is 0 Å². The van der Waals surface area contributed by atoms with Crippen molar-refractivity contribution in [1.29, 1.82) is 0 Å². The first kappa shape index (κ1) is 16.2. The first-order valence-electron chi connectivity index (χ1n) is 7.52. The van der Waals surface area contributed by atoms with Gasteiger partial charge in [0.1, 0.15) is 0 Å². The number of hydrogen-bond acceptors (Lipinski definition) is 2. The Morgan fingerprint density at radius 2 is 2.11 bits per heavy atom. The molecule has 1 N–H and O–H groups in total. The van der Waals surface area contributed by atoms with Gasteiger partial charge in [0, 0.05) is 13.0 Å². The Morgan fingerprint density at radius 3 is 2.68 bits per heavy atom. The third-order valence-corrected chi connectivity index (χ3v) is 3.62. The van der Waals surface area contributed by atoms with Crippen molar-refractivity contribution in [2.45, 2.75) is 65.7 Å². The number of unbranched alkanes of at least 4 members (excludes halogenated alkanes) is 2. The van der Waals surface area contributed by atoms with Crippen LogP contribution in [0.2, 0.25) is 0 Å². The highest BCUT2D eigenvalue weighted by atomic mass is 16.2. The largest absolute Gasteiger partial charge is 0.396 e. The minimum absolute atomic E-state index is 0.0736. The van der Waals surface area contributed by atoms with Crippen LogP contribution < -0.4 is 0 Å². The molecule has 0 heterocycles. The quantitative estimate of drug-likeness (QED) is 0.700. The summed E-state index contributed by atoms with van der Waals surface area (Å²) in [5, 5.41) is 9.03. The zero-order chi connectivity index (χ0) is 14.3. The number of carbonyl (C=O) groups excluding carboxylic acids is 1. The van der Waals surface area contributed by atoms with E-state index in [2.05, 4.69) is 26.8 Å². The van der Waals surface area contributed by atoms with E-state index in [9.17, 15) is 4.79 Å². The fraction of sp³-hybridized carbons (Fsp3) is 0.706. The van der Waals surface area contributed by atoms with Gasteiger partial charge < -0.3 is 5.11 Å². The van der Waals surface area contributed by atoms with Gasteiger partial charge >= 0.3 is 0 Å². The van der Waals surface area contributed by atoms with E-state index in [0.717, 1.165) is 25.7 Å². The molecule has 1 rings (SSSR count). The maximum Gasteiger partial charge on any atom is 0.156 e. The van der Waals surface area contributed by atoms with Gasteiger partial charge in [0.05, 0.1) is 0 Å². The van der Waals surface area contributed by atoms with E-state index < -0.39 is 0 Å². The van der Waals surface area contributed by atoms with Crippen molar-refractivity contribution in [1.82, 2.24) is 0 Å². The number of ketones is 1. The van der Waals surface area contributed by atoms with Gasteiger partial charge in [0.2, 0.25) is 0 Å². The lowest BCUT2D eigenvalue weighted by molar-refractivity contribution is -0.117. The van der Waals surface area contributed by atoms with Gasteiger partial charge in [-0.15, -0.1) is 0 Å². The van der Waals surface area contributed by atoms with Gasteiger partial charge in [-0.05, 0) is 48.3 Å². The van der Waals surface area contributed by atoms with Crippen molar-refractivity contribution in [2.24, 2.45) is 5.41 Å². The molecule has 0 saturated carbocycles. The predicted octanol–water partition coefficient (Wildman–Crippen LogP) is 4.19. The Morgan fingerprint density at radius 1 is 1.37 bits per heavy atom. The summed E-state index contributed by atoms with van der Waals surface area (Å²) in [6.45, 7) is 6.73. The van der Waals surface area contributed by atoms with Gasteiger partial charge in [-0.25, -0.2) is 0 Å². The minimum atomic E-state index is 0.0736. The van der Waals surface area contributed by atoms with Crippen molar-refractivity contribution < 1.29 is 9.90 Å². The van der Waals surface area contributed by atoms with Crippen LogP contribution in [0.4, 0.5) is 0 Å². The molecule has 0 unspecified atom stereocenters. The van der Waals surface area contributed by atoms with Crippen molar-refractivity contribution in [3.63, 3.8) is 0 Å². The third-order valence-electron chi connectivity index (χ3n) is 3.62. The molecule has 2 nitrogen and oxygen atoms in total. The van der Waals surface area contributed by atoms with Crippen molar-refractivity contribution in [3.8, 4) is 0 Å². The summed E-state index contributed by atoms with van der Waals surface area (Å²) in [6.07, 6.45) is 10.9. The number of hydrogen-bond donors (Lipinski definition) is 1. The Balaban J connectivity index is 2.83. The molecule has 0 aromatic carbocycles. The van der Waals surface area contributed by atoms with E-state index >= 15 is 0 Å². The average molecular weight is 264 g/mol. The van der Waals surface area contributed by atoms with Gasteiger partial charge in [-0.1, -0.05) is 39.7 Å². The van der Waals surface area contributed by atoms with E-state index in [1.54, 1.807) is 0 Å². The summed E-state index contributed by atoms with van der Waals surface area (Å²) in [7, 11) is 0. The maximum absolute atomic E-state index is 11.8. The molecule has 0 aromatic rings. The summed E-state index contributed by atoms with van der Waals surface area (Å²) in [4.78, 5) is 11.8. The number of aliphatic hydroxyl groups excluding tert-OH is 1. The average Bonchev–Trinajstić information content (AvgIpc) is 2.31. The first-order chi connectivity index (χ1) is 8.98. The summed E-state index contributed by atoms with van der Waals surface area (Å²) < 4.78 is 0. The lowest BCUT2D eigenvalue weighted by Gasteiger charge is -2.30. The molecule has 0 atom stereocenters. The highest BCUT2D eigenvalue weighted by molar-refractivity contribution is 5.92. The summed E-state index contributed by atoms with van der Waals surface area (Å²) in [5.41, 5.74) is 2.55. The third kappa shape index (κ3) is 5.73. The standard InChI is InChI=1S/C17H28O2/c1-4-5-6-8-14(9-7-10-18)15-11-16(19)13-17(2,3)12-15/h8,11,18H,4-7,9-10,12-13H2,1-3H3/b14-8-. The van der Waals surface area contributed by atoms with E-state index in [4.69, 9.17) is 5.11 Å². The fourth-order valence-corrected chi connectivity index (χ4v) is 2.70.